The molecule has 2 aliphatic rings. The van der Waals surface area contributed by atoms with E-state index in [1.54, 1.807) is 39.9 Å². The third-order valence-corrected chi connectivity index (χ3v) is 8.07. The monoisotopic (exact) mass is 405 g/mol. The van der Waals surface area contributed by atoms with E-state index < -0.39 is 10.0 Å². The van der Waals surface area contributed by atoms with Gasteiger partial charge in [-0.25, -0.2) is 13.4 Å². The first kappa shape index (κ1) is 18.6. The summed E-state index contributed by atoms with van der Waals surface area (Å²) in [5, 5.41) is 3.52. The van der Waals surface area contributed by atoms with Gasteiger partial charge in [-0.3, -0.25) is 4.79 Å². The van der Waals surface area contributed by atoms with Crippen LogP contribution in [0.4, 0.5) is 5.13 Å². The molecule has 1 amide bonds. The first-order valence-corrected chi connectivity index (χ1v) is 11.7. The van der Waals surface area contributed by atoms with Crippen molar-refractivity contribution < 1.29 is 13.2 Å². The molecule has 4 rings (SSSR count). The highest BCUT2D eigenvalue weighted by molar-refractivity contribution is 7.89. The predicted octanol–water partition coefficient (Wildman–Crippen LogP) is 2.99. The molecule has 0 atom stereocenters. The molecule has 1 saturated heterocycles. The SMILES string of the molecule is O=C(Cc1ccc(S(=O)(=O)N2CCCCC2)cc1)Nc1nc2c(s1)CCC2. The number of amides is 1. The van der Waals surface area contributed by atoms with Gasteiger partial charge in [-0.15, -0.1) is 11.3 Å². The molecule has 0 unspecified atom stereocenters. The van der Waals surface area contributed by atoms with Crippen molar-refractivity contribution in [3.63, 3.8) is 0 Å². The van der Waals surface area contributed by atoms with E-state index in [2.05, 4.69) is 10.3 Å². The maximum atomic E-state index is 12.7. The van der Waals surface area contributed by atoms with Gasteiger partial charge in [0.1, 0.15) is 0 Å². The fourth-order valence-corrected chi connectivity index (χ4v) is 6.21. The molecular formula is C19H23N3O3S2. The lowest BCUT2D eigenvalue weighted by Gasteiger charge is -2.25. The molecule has 1 aromatic carbocycles. The van der Waals surface area contributed by atoms with E-state index in [9.17, 15) is 13.2 Å². The first-order chi connectivity index (χ1) is 13.0. The number of nitrogens with one attached hydrogen (secondary N) is 1. The number of aryl methyl sites for hydroxylation is 2. The van der Waals surface area contributed by atoms with Crippen LogP contribution in [0.1, 0.15) is 41.8 Å². The maximum absolute atomic E-state index is 12.7. The summed E-state index contributed by atoms with van der Waals surface area (Å²) in [6, 6.07) is 6.64. The Balaban J connectivity index is 1.39. The second-order valence-corrected chi connectivity index (χ2v) is 10.1. The second-order valence-electron chi connectivity index (χ2n) is 7.08. The van der Waals surface area contributed by atoms with Crippen molar-refractivity contribution in [2.24, 2.45) is 0 Å². The van der Waals surface area contributed by atoms with Crippen LogP contribution in [0.15, 0.2) is 29.2 Å². The van der Waals surface area contributed by atoms with Crippen LogP contribution in [-0.2, 0) is 34.1 Å². The Morgan fingerprint density at radius 3 is 2.52 bits per heavy atom. The average Bonchev–Trinajstić information content (AvgIpc) is 3.24. The Kier molecular flexibility index (Phi) is 5.29. The number of aromatic nitrogens is 1. The number of anilines is 1. The van der Waals surface area contributed by atoms with Crippen molar-refractivity contribution in [2.75, 3.05) is 18.4 Å². The Labute approximate surface area is 163 Å². The number of thiazole rings is 1. The van der Waals surface area contributed by atoms with Crippen LogP contribution in [0.5, 0.6) is 0 Å². The number of piperidine rings is 1. The Hall–Kier alpha value is -1.77. The number of nitrogens with zero attached hydrogens (tertiary/aromatic N) is 2. The Bertz CT molecular complexity index is 908. The lowest BCUT2D eigenvalue weighted by Crippen LogP contribution is -2.35. The van der Waals surface area contributed by atoms with Gasteiger partial charge in [-0.05, 0) is 49.8 Å². The number of hydrogen-bond acceptors (Lipinski definition) is 5. The maximum Gasteiger partial charge on any atom is 0.243 e. The van der Waals surface area contributed by atoms with Gasteiger partial charge < -0.3 is 5.32 Å². The largest absolute Gasteiger partial charge is 0.302 e. The number of fused-ring (bicyclic) bond motifs is 1. The quantitative estimate of drug-likeness (QED) is 0.829. The van der Waals surface area contributed by atoms with Crippen molar-refractivity contribution in [3.8, 4) is 0 Å². The molecule has 6 nitrogen and oxygen atoms in total. The zero-order valence-corrected chi connectivity index (χ0v) is 16.7. The minimum atomic E-state index is -3.43. The normalized spacial score (nSPS) is 17.6. The van der Waals surface area contributed by atoms with Crippen LogP contribution in [0.25, 0.3) is 0 Å². The molecule has 2 heterocycles. The van der Waals surface area contributed by atoms with Crippen LogP contribution >= 0.6 is 11.3 Å². The highest BCUT2D eigenvalue weighted by Gasteiger charge is 2.25. The summed E-state index contributed by atoms with van der Waals surface area (Å²) in [5.41, 5.74) is 1.90. The molecule has 1 fully saturated rings. The number of sulfonamides is 1. The summed E-state index contributed by atoms with van der Waals surface area (Å²) in [6.45, 7) is 1.18. The van der Waals surface area contributed by atoms with Crippen molar-refractivity contribution in [3.05, 3.63) is 40.4 Å². The lowest BCUT2D eigenvalue weighted by molar-refractivity contribution is -0.115. The third-order valence-electron chi connectivity index (χ3n) is 5.08. The summed E-state index contributed by atoms with van der Waals surface area (Å²) in [6.07, 6.45) is 6.31. The Morgan fingerprint density at radius 2 is 1.81 bits per heavy atom. The molecular weight excluding hydrogens is 382 g/mol. The highest BCUT2D eigenvalue weighted by atomic mass is 32.2. The molecule has 0 bridgehead atoms. The minimum Gasteiger partial charge on any atom is -0.302 e. The fraction of sp³-hybridized carbons (Fsp3) is 0.474. The highest BCUT2D eigenvalue weighted by Crippen LogP contribution is 2.30. The fourth-order valence-electron chi connectivity index (χ4n) is 3.63. The van der Waals surface area contributed by atoms with E-state index in [1.165, 1.54) is 4.88 Å². The first-order valence-electron chi connectivity index (χ1n) is 9.40. The van der Waals surface area contributed by atoms with Crippen LogP contribution in [0.2, 0.25) is 0 Å². The van der Waals surface area contributed by atoms with Crippen LogP contribution < -0.4 is 5.32 Å². The molecule has 27 heavy (non-hydrogen) atoms. The van der Waals surface area contributed by atoms with Gasteiger partial charge >= 0.3 is 0 Å². The summed E-state index contributed by atoms with van der Waals surface area (Å²) in [4.78, 5) is 18.3. The molecule has 1 aliphatic heterocycles. The van der Waals surface area contributed by atoms with Gasteiger partial charge in [0, 0.05) is 18.0 Å². The molecule has 0 radical (unpaired) electrons. The number of rotatable bonds is 5. The van der Waals surface area contributed by atoms with Gasteiger partial charge in [0.15, 0.2) is 5.13 Å². The van der Waals surface area contributed by atoms with E-state index in [1.807, 2.05) is 0 Å². The second kappa shape index (κ2) is 7.69. The minimum absolute atomic E-state index is 0.130. The standard InChI is InChI=1S/C19H23N3O3S2/c23-18(21-19-20-16-5-4-6-17(16)26-19)13-14-7-9-15(10-8-14)27(24,25)22-11-2-1-3-12-22/h7-10H,1-6,11-13H2,(H,20,21,23). The van der Waals surface area contributed by atoms with E-state index >= 15 is 0 Å². The topological polar surface area (TPSA) is 79.4 Å². The number of carbonyl (C=O) groups excluding carboxylic acids is 1. The lowest BCUT2D eigenvalue weighted by atomic mass is 10.1. The van der Waals surface area contributed by atoms with Gasteiger partial charge in [0.05, 0.1) is 17.0 Å². The molecule has 8 heteroatoms. The van der Waals surface area contributed by atoms with Gasteiger partial charge in [0.2, 0.25) is 15.9 Å². The van der Waals surface area contributed by atoms with E-state index in [0.717, 1.165) is 49.8 Å². The third kappa shape index (κ3) is 4.07. The van der Waals surface area contributed by atoms with Crippen molar-refractivity contribution in [1.82, 2.24) is 9.29 Å². The van der Waals surface area contributed by atoms with Gasteiger partial charge in [0.25, 0.3) is 0 Å². The van der Waals surface area contributed by atoms with E-state index in [-0.39, 0.29) is 12.3 Å². The zero-order valence-electron chi connectivity index (χ0n) is 15.1. The number of carbonyl (C=O) groups is 1. The summed E-state index contributed by atoms with van der Waals surface area (Å²) in [5.74, 6) is -0.130. The van der Waals surface area contributed by atoms with Crippen molar-refractivity contribution >= 4 is 32.4 Å². The number of benzene rings is 1. The summed E-state index contributed by atoms with van der Waals surface area (Å²) < 4.78 is 26.9. The molecule has 144 valence electrons. The molecule has 2 aromatic rings. The Morgan fingerprint density at radius 1 is 1.07 bits per heavy atom. The summed E-state index contributed by atoms with van der Waals surface area (Å²) >= 11 is 1.55. The average molecular weight is 406 g/mol. The van der Waals surface area contributed by atoms with Gasteiger partial charge in [-0.1, -0.05) is 18.6 Å². The molecule has 1 N–H and O–H groups in total. The summed E-state index contributed by atoms with van der Waals surface area (Å²) in [7, 11) is -3.43. The van der Waals surface area contributed by atoms with Crippen molar-refractivity contribution in [1.29, 1.82) is 0 Å². The predicted molar refractivity (Wildman–Crippen MR) is 106 cm³/mol. The van der Waals surface area contributed by atoms with Crippen LogP contribution in [0.3, 0.4) is 0 Å². The van der Waals surface area contributed by atoms with Crippen LogP contribution in [0, 0.1) is 0 Å². The van der Waals surface area contributed by atoms with E-state index in [4.69, 9.17) is 0 Å². The molecule has 1 aromatic heterocycles. The van der Waals surface area contributed by atoms with Crippen LogP contribution in [-0.4, -0.2) is 36.7 Å². The molecule has 0 spiro atoms. The zero-order chi connectivity index (χ0) is 18.9. The smallest absolute Gasteiger partial charge is 0.243 e. The number of hydrogen-bond donors (Lipinski definition) is 1. The van der Waals surface area contributed by atoms with Crippen molar-refractivity contribution in [2.45, 2.75) is 49.8 Å². The molecule has 0 saturated carbocycles. The molecule has 1 aliphatic carbocycles. The van der Waals surface area contributed by atoms with E-state index in [0.29, 0.717) is 23.1 Å². The van der Waals surface area contributed by atoms with Gasteiger partial charge in [-0.2, -0.15) is 4.31 Å².